The first-order valence-electron chi connectivity index (χ1n) is 11.8. The molecule has 0 radical (unpaired) electrons. The number of aryl methyl sites for hydroxylation is 2. The highest BCUT2D eigenvalue weighted by molar-refractivity contribution is 6.30. The minimum atomic E-state index is -0.127. The number of anilines is 3. The van der Waals surface area contributed by atoms with Gasteiger partial charge in [-0.05, 0) is 54.7 Å². The van der Waals surface area contributed by atoms with Crippen molar-refractivity contribution in [3.05, 3.63) is 96.0 Å². The largest absolute Gasteiger partial charge is 0.399 e. The highest BCUT2D eigenvalue weighted by Gasteiger charge is 2.30. The van der Waals surface area contributed by atoms with Crippen molar-refractivity contribution >= 4 is 28.7 Å². The Morgan fingerprint density at radius 2 is 1.65 bits per heavy atom. The number of pyridine rings is 1. The topological polar surface area (TPSA) is 83.6 Å². The van der Waals surface area contributed by atoms with Crippen LogP contribution in [0.1, 0.15) is 44.7 Å². The molecule has 6 nitrogen and oxygen atoms in total. The van der Waals surface area contributed by atoms with Crippen LogP contribution in [0, 0.1) is 0 Å². The second-order valence-electron chi connectivity index (χ2n) is 7.89. The zero-order chi connectivity index (χ0) is 24.3. The molecule has 0 fully saturated rings. The first kappa shape index (κ1) is 24.7. The van der Waals surface area contributed by atoms with Crippen molar-refractivity contribution in [3.63, 3.8) is 0 Å². The summed E-state index contributed by atoms with van der Waals surface area (Å²) in [6.45, 7) is 6.30. The third-order valence-corrected chi connectivity index (χ3v) is 5.54. The molecule has 0 saturated carbocycles. The number of rotatable bonds is 7. The van der Waals surface area contributed by atoms with Crippen molar-refractivity contribution in [2.24, 2.45) is 5.10 Å². The standard InChI is InChI=1S/C20H22N4O.C8H11N/c1-3-8-19-17(14-22-18-11-6-5-9-15(18)4-2)20(25)24(23-19)16-10-7-12-21-13-16;1-2-7-5-3-4-6-8(7)9/h5-7,9-14,22H,3-4,8H2,1-2H3;3-6H,2,9H2,1H3/b17-14-;. The Hall–Kier alpha value is -3.93. The maximum atomic E-state index is 12.8. The molecule has 0 spiro atoms. The van der Waals surface area contributed by atoms with Gasteiger partial charge in [-0.1, -0.05) is 63.6 Å². The highest BCUT2D eigenvalue weighted by atomic mass is 16.2. The molecule has 2 aromatic carbocycles. The van der Waals surface area contributed by atoms with Gasteiger partial charge >= 0.3 is 0 Å². The Bertz CT molecular complexity index is 1150. The number of benzene rings is 2. The van der Waals surface area contributed by atoms with Crippen molar-refractivity contribution in [3.8, 4) is 0 Å². The summed E-state index contributed by atoms with van der Waals surface area (Å²) < 4.78 is 0. The van der Waals surface area contributed by atoms with Gasteiger partial charge in [-0.25, -0.2) is 0 Å². The molecule has 0 bridgehead atoms. The summed E-state index contributed by atoms with van der Waals surface area (Å²) in [6, 6.07) is 19.7. The van der Waals surface area contributed by atoms with Gasteiger partial charge in [-0.15, -0.1) is 0 Å². The first-order valence-corrected chi connectivity index (χ1v) is 11.8. The van der Waals surface area contributed by atoms with Gasteiger partial charge in [0.25, 0.3) is 5.91 Å². The molecule has 3 aromatic rings. The summed E-state index contributed by atoms with van der Waals surface area (Å²) in [5, 5.41) is 9.24. The Balaban J connectivity index is 0.000000302. The van der Waals surface area contributed by atoms with E-state index in [2.05, 4.69) is 48.3 Å². The fraction of sp³-hybridized carbons (Fsp3) is 0.250. The van der Waals surface area contributed by atoms with Crippen molar-refractivity contribution in [2.45, 2.75) is 46.5 Å². The lowest BCUT2D eigenvalue weighted by Crippen LogP contribution is -2.22. The Morgan fingerprint density at radius 3 is 2.26 bits per heavy atom. The van der Waals surface area contributed by atoms with E-state index in [1.165, 1.54) is 16.1 Å². The average Bonchev–Trinajstić information content (AvgIpc) is 3.19. The number of nitrogens with zero attached hydrogens (tertiary/aromatic N) is 3. The van der Waals surface area contributed by atoms with Crippen molar-refractivity contribution in [1.82, 2.24) is 4.98 Å². The lowest BCUT2D eigenvalue weighted by Gasteiger charge is -2.11. The zero-order valence-corrected chi connectivity index (χ0v) is 20.2. The lowest BCUT2D eigenvalue weighted by molar-refractivity contribution is -0.114. The molecule has 0 saturated heterocycles. The van der Waals surface area contributed by atoms with Crippen LogP contribution in [-0.4, -0.2) is 16.6 Å². The van der Waals surface area contributed by atoms with Gasteiger partial charge in [0.2, 0.25) is 0 Å². The van der Waals surface area contributed by atoms with Crippen LogP contribution >= 0.6 is 0 Å². The number of aromatic nitrogens is 1. The van der Waals surface area contributed by atoms with Crippen LogP contribution in [0.5, 0.6) is 0 Å². The second-order valence-corrected chi connectivity index (χ2v) is 7.89. The number of amides is 1. The summed E-state index contributed by atoms with van der Waals surface area (Å²) in [7, 11) is 0. The molecule has 3 N–H and O–H groups in total. The molecule has 0 aliphatic carbocycles. The van der Waals surface area contributed by atoms with Gasteiger partial charge in [-0.2, -0.15) is 10.1 Å². The van der Waals surface area contributed by atoms with Crippen LogP contribution in [0.3, 0.4) is 0 Å². The van der Waals surface area contributed by atoms with Crippen LogP contribution in [-0.2, 0) is 17.6 Å². The van der Waals surface area contributed by atoms with E-state index >= 15 is 0 Å². The first-order chi connectivity index (χ1) is 16.6. The van der Waals surface area contributed by atoms with E-state index in [0.29, 0.717) is 11.3 Å². The number of nitrogen functional groups attached to an aromatic ring is 1. The molecule has 1 aliphatic rings. The van der Waals surface area contributed by atoms with Crippen LogP contribution in [0.4, 0.5) is 17.1 Å². The Morgan fingerprint density at radius 1 is 0.941 bits per heavy atom. The molecule has 2 heterocycles. The third kappa shape index (κ3) is 6.10. The average molecular weight is 456 g/mol. The maximum absolute atomic E-state index is 12.8. The molecule has 0 unspecified atom stereocenters. The minimum Gasteiger partial charge on any atom is -0.399 e. The van der Waals surface area contributed by atoms with Gasteiger partial charge in [0.15, 0.2) is 0 Å². The number of hydrogen-bond donors (Lipinski definition) is 2. The van der Waals surface area contributed by atoms with E-state index in [9.17, 15) is 4.79 Å². The molecule has 1 aromatic heterocycles. The Labute approximate surface area is 202 Å². The van der Waals surface area contributed by atoms with E-state index in [1.807, 2.05) is 42.5 Å². The number of hydrazone groups is 1. The van der Waals surface area contributed by atoms with Crippen molar-refractivity contribution < 1.29 is 4.79 Å². The van der Waals surface area contributed by atoms with Crippen LogP contribution in [0.15, 0.2) is 89.9 Å². The molecular formula is C28H33N5O. The SMILES string of the molecule is CCCC1=NN(c2cccnc2)C(=O)/C1=C\Nc1ccccc1CC.CCc1ccccc1N. The summed E-state index contributed by atoms with van der Waals surface area (Å²) in [6.07, 6.45) is 8.74. The van der Waals surface area contributed by atoms with Gasteiger partial charge in [-0.3, -0.25) is 9.78 Å². The summed E-state index contributed by atoms with van der Waals surface area (Å²) in [5.41, 5.74) is 12.1. The summed E-state index contributed by atoms with van der Waals surface area (Å²) in [4.78, 5) is 16.9. The smallest absolute Gasteiger partial charge is 0.282 e. The molecule has 1 amide bonds. The summed E-state index contributed by atoms with van der Waals surface area (Å²) in [5.74, 6) is -0.127. The minimum absolute atomic E-state index is 0.127. The molecule has 34 heavy (non-hydrogen) atoms. The van der Waals surface area contributed by atoms with E-state index in [0.717, 1.165) is 42.8 Å². The van der Waals surface area contributed by atoms with Crippen LogP contribution in [0.25, 0.3) is 0 Å². The third-order valence-electron chi connectivity index (χ3n) is 5.54. The number of nitrogens with one attached hydrogen (secondary N) is 1. The Kier molecular flexibility index (Phi) is 8.97. The molecular weight excluding hydrogens is 422 g/mol. The summed E-state index contributed by atoms with van der Waals surface area (Å²) >= 11 is 0. The van der Waals surface area contributed by atoms with Gasteiger partial charge < -0.3 is 11.1 Å². The molecule has 6 heteroatoms. The molecule has 1 aliphatic heterocycles. The van der Waals surface area contributed by atoms with Crippen LogP contribution in [0.2, 0.25) is 0 Å². The quantitative estimate of drug-likeness (QED) is 0.339. The second kappa shape index (κ2) is 12.3. The van der Waals surface area contributed by atoms with E-state index in [-0.39, 0.29) is 5.91 Å². The lowest BCUT2D eigenvalue weighted by atomic mass is 10.1. The van der Waals surface area contributed by atoms with E-state index < -0.39 is 0 Å². The number of hydrogen-bond acceptors (Lipinski definition) is 5. The monoisotopic (exact) mass is 455 g/mol. The normalized spacial score (nSPS) is 14.0. The van der Waals surface area contributed by atoms with Crippen LogP contribution < -0.4 is 16.1 Å². The van der Waals surface area contributed by atoms with E-state index in [4.69, 9.17) is 5.73 Å². The van der Waals surface area contributed by atoms with Crippen molar-refractivity contribution in [2.75, 3.05) is 16.1 Å². The fourth-order valence-electron chi connectivity index (χ4n) is 3.65. The number of carbonyl (C=O) groups excluding carboxylic acids is 1. The van der Waals surface area contributed by atoms with Crippen molar-refractivity contribution in [1.29, 1.82) is 0 Å². The van der Waals surface area contributed by atoms with Gasteiger partial charge in [0.05, 0.1) is 23.2 Å². The number of para-hydroxylation sites is 2. The predicted molar refractivity (Wildman–Crippen MR) is 142 cm³/mol. The zero-order valence-electron chi connectivity index (χ0n) is 20.2. The predicted octanol–water partition coefficient (Wildman–Crippen LogP) is 5.97. The molecule has 176 valence electrons. The molecule has 4 rings (SSSR count). The van der Waals surface area contributed by atoms with Gasteiger partial charge in [0, 0.05) is 23.8 Å². The molecule has 0 atom stereocenters. The van der Waals surface area contributed by atoms with E-state index in [1.54, 1.807) is 24.7 Å². The number of nitrogens with two attached hydrogens (primary N) is 1. The fourth-order valence-corrected chi connectivity index (χ4v) is 3.65. The highest BCUT2D eigenvalue weighted by Crippen LogP contribution is 2.25. The van der Waals surface area contributed by atoms with Gasteiger partial charge in [0.1, 0.15) is 0 Å². The number of carbonyl (C=O) groups is 1. The maximum Gasteiger partial charge on any atom is 0.282 e.